The van der Waals surface area contributed by atoms with Gasteiger partial charge in [-0.05, 0) is 12.2 Å². The van der Waals surface area contributed by atoms with E-state index in [0.29, 0.717) is 16.2 Å². The fraction of sp³-hybridized carbons (Fsp3) is 0.300. The van der Waals surface area contributed by atoms with E-state index in [1.165, 1.54) is 24.0 Å². The van der Waals surface area contributed by atoms with E-state index in [2.05, 4.69) is 10.2 Å². The van der Waals surface area contributed by atoms with Crippen LogP contribution in [0.5, 0.6) is 0 Å². The van der Waals surface area contributed by atoms with Crippen LogP contribution in [0.25, 0.3) is 0 Å². The van der Waals surface area contributed by atoms with Crippen LogP contribution in [0, 0.1) is 0 Å². The second kappa shape index (κ2) is 4.02. The van der Waals surface area contributed by atoms with Crippen LogP contribution in [0.15, 0.2) is 17.2 Å². The van der Waals surface area contributed by atoms with E-state index < -0.39 is 0 Å². The summed E-state index contributed by atoms with van der Waals surface area (Å²) in [5.74, 6) is 0.579. The van der Waals surface area contributed by atoms with Gasteiger partial charge in [0.1, 0.15) is 5.69 Å². The summed E-state index contributed by atoms with van der Waals surface area (Å²) >= 11 is 1.43. The molecule has 1 aromatic heterocycles. The summed E-state index contributed by atoms with van der Waals surface area (Å²) in [5, 5.41) is 6.25. The maximum absolute atomic E-state index is 11.8. The van der Waals surface area contributed by atoms with Crippen molar-refractivity contribution in [2.24, 2.45) is 0 Å². The van der Waals surface area contributed by atoms with Crippen molar-refractivity contribution in [3.63, 3.8) is 0 Å². The molecule has 0 aromatic carbocycles. The van der Waals surface area contributed by atoms with Crippen LogP contribution in [0.1, 0.15) is 34.2 Å². The molecular weight excluding hydrogens is 212 g/mol. The van der Waals surface area contributed by atoms with E-state index in [1.54, 1.807) is 0 Å². The first kappa shape index (κ1) is 10.2. The molecule has 0 radical (unpaired) electrons. The first-order valence-corrected chi connectivity index (χ1v) is 5.69. The number of carbonyl (C=O) groups is 2. The van der Waals surface area contributed by atoms with Crippen LogP contribution in [0.4, 0.5) is 0 Å². The van der Waals surface area contributed by atoms with Gasteiger partial charge >= 0.3 is 0 Å². The van der Waals surface area contributed by atoms with Crippen molar-refractivity contribution in [1.29, 1.82) is 0 Å². The van der Waals surface area contributed by atoms with E-state index in [-0.39, 0.29) is 11.6 Å². The van der Waals surface area contributed by atoms with Crippen LogP contribution in [-0.4, -0.2) is 27.5 Å². The van der Waals surface area contributed by atoms with Crippen LogP contribution in [0.2, 0.25) is 0 Å². The van der Waals surface area contributed by atoms with Crippen molar-refractivity contribution in [2.45, 2.75) is 13.3 Å². The highest BCUT2D eigenvalue weighted by Crippen LogP contribution is 2.27. The van der Waals surface area contributed by atoms with Gasteiger partial charge in [0.15, 0.2) is 0 Å². The van der Waals surface area contributed by atoms with Gasteiger partial charge in [0.25, 0.3) is 0 Å². The van der Waals surface area contributed by atoms with E-state index in [1.807, 2.05) is 6.92 Å². The van der Waals surface area contributed by atoms with Crippen molar-refractivity contribution in [2.75, 3.05) is 5.75 Å². The van der Waals surface area contributed by atoms with Gasteiger partial charge in [-0.25, -0.2) is 0 Å². The molecule has 1 heterocycles. The Morgan fingerprint density at radius 3 is 3.00 bits per heavy atom. The lowest BCUT2D eigenvalue weighted by Crippen LogP contribution is -2.14. The number of fused-ring (bicyclic) bond motifs is 1. The van der Waals surface area contributed by atoms with Gasteiger partial charge in [-0.15, -0.1) is 11.8 Å². The molecule has 5 heteroatoms. The quantitative estimate of drug-likeness (QED) is 0.847. The van der Waals surface area contributed by atoms with Gasteiger partial charge in [0.2, 0.25) is 11.6 Å². The molecule has 78 valence electrons. The van der Waals surface area contributed by atoms with Gasteiger partial charge in [-0.3, -0.25) is 14.7 Å². The molecule has 0 atom stereocenters. The summed E-state index contributed by atoms with van der Waals surface area (Å²) in [6, 6.07) is 0. The number of ketones is 2. The standard InChI is InChI=1S/C10H10N2O2S/c1-2-3-15-8-4-7(13)9-6(10(8)14)5-11-12-9/h4-5H,2-3H2,1H3,(H,11,12). The Morgan fingerprint density at radius 1 is 1.47 bits per heavy atom. The predicted molar refractivity (Wildman–Crippen MR) is 58.1 cm³/mol. The second-order valence-corrected chi connectivity index (χ2v) is 4.35. The van der Waals surface area contributed by atoms with Crippen LogP contribution in [0.3, 0.4) is 0 Å². The summed E-state index contributed by atoms with van der Waals surface area (Å²) in [6.07, 6.45) is 3.78. The average Bonchev–Trinajstić information content (AvgIpc) is 2.70. The third-order valence-electron chi connectivity index (χ3n) is 2.08. The van der Waals surface area contributed by atoms with Gasteiger partial charge in [-0.1, -0.05) is 6.92 Å². The van der Waals surface area contributed by atoms with Crippen LogP contribution in [-0.2, 0) is 0 Å². The first-order valence-electron chi connectivity index (χ1n) is 4.71. The normalized spacial score (nSPS) is 15.1. The van der Waals surface area contributed by atoms with Gasteiger partial charge in [-0.2, -0.15) is 5.10 Å². The molecule has 0 aliphatic heterocycles. The summed E-state index contributed by atoms with van der Waals surface area (Å²) in [6.45, 7) is 2.03. The van der Waals surface area contributed by atoms with Crippen molar-refractivity contribution >= 4 is 23.3 Å². The largest absolute Gasteiger partial charge is 0.288 e. The Balaban J connectivity index is 2.30. The van der Waals surface area contributed by atoms with Gasteiger partial charge in [0.05, 0.1) is 16.7 Å². The molecule has 0 amide bonds. The molecule has 0 spiro atoms. The number of nitrogens with zero attached hydrogens (tertiary/aromatic N) is 1. The molecule has 0 bridgehead atoms. The zero-order chi connectivity index (χ0) is 10.8. The predicted octanol–water partition coefficient (Wildman–Crippen LogP) is 1.82. The number of carbonyl (C=O) groups excluding carboxylic acids is 2. The minimum atomic E-state index is -0.166. The molecule has 4 nitrogen and oxygen atoms in total. The maximum atomic E-state index is 11.8. The number of nitrogens with one attached hydrogen (secondary N) is 1. The highest BCUT2D eigenvalue weighted by molar-refractivity contribution is 8.04. The molecule has 1 aliphatic carbocycles. The third kappa shape index (κ3) is 1.74. The van der Waals surface area contributed by atoms with Gasteiger partial charge < -0.3 is 0 Å². The van der Waals surface area contributed by atoms with E-state index in [4.69, 9.17) is 0 Å². The van der Waals surface area contributed by atoms with E-state index in [9.17, 15) is 9.59 Å². The number of hydrogen-bond acceptors (Lipinski definition) is 4. The third-order valence-corrected chi connectivity index (χ3v) is 3.30. The highest BCUT2D eigenvalue weighted by atomic mass is 32.2. The Labute approximate surface area is 91.1 Å². The zero-order valence-corrected chi connectivity index (χ0v) is 9.06. The lowest BCUT2D eigenvalue weighted by molar-refractivity contribution is 0.0989. The van der Waals surface area contributed by atoms with E-state index >= 15 is 0 Å². The molecule has 0 saturated heterocycles. The number of Topliss-reactive ketones (excluding diaryl/α,β-unsaturated/α-hetero) is 1. The van der Waals surface area contributed by atoms with Crippen molar-refractivity contribution in [1.82, 2.24) is 10.2 Å². The first-order chi connectivity index (χ1) is 7.24. The van der Waals surface area contributed by atoms with Crippen LogP contribution >= 0.6 is 11.8 Å². The SMILES string of the molecule is CCCSC1=CC(=O)c2[nH]ncc2C1=O. The average molecular weight is 222 g/mol. The molecule has 1 N–H and O–H groups in total. The number of rotatable bonds is 3. The van der Waals surface area contributed by atoms with Crippen molar-refractivity contribution < 1.29 is 9.59 Å². The Morgan fingerprint density at radius 2 is 2.27 bits per heavy atom. The minimum absolute atomic E-state index is 0.100. The summed E-state index contributed by atoms with van der Waals surface area (Å²) in [7, 11) is 0. The number of hydrogen-bond donors (Lipinski definition) is 1. The Kier molecular flexibility index (Phi) is 2.73. The molecule has 0 fully saturated rings. The fourth-order valence-corrected chi connectivity index (χ4v) is 2.21. The molecular formula is C10H10N2O2S. The zero-order valence-electron chi connectivity index (χ0n) is 8.24. The number of aromatic nitrogens is 2. The topological polar surface area (TPSA) is 62.8 Å². The Bertz CT molecular complexity index is 448. The monoisotopic (exact) mass is 222 g/mol. The maximum Gasteiger partial charge on any atom is 0.205 e. The number of allylic oxidation sites excluding steroid dienone is 2. The lowest BCUT2D eigenvalue weighted by atomic mass is 10.0. The number of aromatic amines is 1. The Hall–Kier alpha value is -1.36. The summed E-state index contributed by atoms with van der Waals surface area (Å²) < 4.78 is 0. The van der Waals surface area contributed by atoms with Gasteiger partial charge in [0, 0.05) is 6.08 Å². The molecule has 1 aliphatic rings. The van der Waals surface area contributed by atoms with Crippen LogP contribution < -0.4 is 0 Å². The highest BCUT2D eigenvalue weighted by Gasteiger charge is 2.27. The lowest BCUT2D eigenvalue weighted by Gasteiger charge is -2.09. The second-order valence-electron chi connectivity index (χ2n) is 3.21. The molecule has 0 saturated carbocycles. The molecule has 15 heavy (non-hydrogen) atoms. The summed E-state index contributed by atoms with van der Waals surface area (Å²) in [4.78, 5) is 23.9. The number of H-pyrrole nitrogens is 1. The van der Waals surface area contributed by atoms with Crippen molar-refractivity contribution in [3.8, 4) is 0 Å². The molecule has 0 unspecified atom stereocenters. The smallest absolute Gasteiger partial charge is 0.205 e. The molecule has 1 aromatic rings. The minimum Gasteiger partial charge on any atom is -0.288 e. The molecule has 2 rings (SSSR count). The van der Waals surface area contributed by atoms with Crippen molar-refractivity contribution in [3.05, 3.63) is 28.4 Å². The fourth-order valence-electron chi connectivity index (χ4n) is 1.35. The summed E-state index contributed by atoms with van der Waals surface area (Å²) in [5.41, 5.74) is 0.696. The van der Waals surface area contributed by atoms with E-state index in [0.717, 1.165) is 12.2 Å². The number of thioether (sulfide) groups is 1.